The first-order chi connectivity index (χ1) is 11.2. The van der Waals surface area contributed by atoms with E-state index in [0.29, 0.717) is 13.1 Å². The van der Waals surface area contributed by atoms with Crippen molar-refractivity contribution in [3.05, 3.63) is 59.9 Å². The minimum Gasteiger partial charge on any atom is -0.496 e. The zero-order chi connectivity index (χ0) is 16.1. The van der Waals surface area contributed by atoms with Crippen molar-refractivity contribution in [3.63, 3.8) is 0 Å². The second-order valence-corrected chi connectivity index (χ2v) is 5.87. The standard InChI is InChI=1S/C18H21N3O2/c1-23-16-5-3-2-4-15(16)18(8-9-18)13-21-17(22)20-12-14-6-10-19-11-7-14/h2-7,10-11H,8-9,12-13H2,1H3,(H2,20,21,22). The van der Waals surface area contributed by atoms with Crippen LogP contribution in [-0.4, -0.2) is 24.7 Å². The minimum atomic E-state index is -0.150. The topological polar surface area (TPSA) is 63.2 Å². The highest BCUT2D eigenvalue weighted by Gasteiger charge is 2.46. The smallest absolute Gasteiger partial charge is 0.315 e. The summed E-state index contributed by atoms with van der Waals surface area (Å²) in [5.74, 6) is 0.893. The van der Waals surface area contributed by atoms with Crippen LogP contribution in [0.2, 0.25) is 0 Å². The molecule has 3 rings (SSSR count). The summed E-state index contributed by atoms with van der Waals surface area (Å²) in [5, 5.41) is 5.85. The molecular formula is C18H21N3O2. The predicted molar refractivity (Wildman–Crippen MR) is 88.4 cm³/mol. The highest BCUT2D eigenvalue weighted by Crippen LogP contribution is 2.50. The normalized spacial score (nSPS) is 14.8. The van der Waals surface area contributed by atoms with Crippen LogP contribution in [0.1, 0.15) is 24.0 Å². The van der Waals surface area contributed by atoms with Gasteiger partial charge in [-0.15, -0.1) is 0 Å². The lowest BCUT2D eigenvalue weighted by Gasteiger charge is -2.19. The van der Waals surface area contributed by atoms with Crippen molar-refractivity contribution in [2.45, 2.75) is 24.8 Å². The third-order valence-electron chi connectivity index (χ3n) is 4.32. The van der Waals surface area contributed by atoms with Crippen LogP contribution in [0.5, 0.6) is 5.75 Å². The van der Waals surface area contributed by atoms with Crippen LogP contribution in [0.3, 0.4) is 0 Å². The second kappa shape index (κ2) is 6.69. The zero-order valence-corrected chi connectivity index (χ0v) is 13.2. The van der Waals surface area contributed by atoms with Crippen molar-refractivity contribution in [1.29, 1.82) is 0 Å². The fourth-order valence-electron chi connectivity index (χ4n) is 2.77. The number of methoxy groups -OCH3 is 1. The van der Waals surface area contributed by atoms with Crippen molar-refractivity contribution in [2.24, 2.45) is 0 Å². The van der Waals surface area contributed by atoms with Gasteiger partial charge in [0.15, 0.2) is 0 Å². The Morgan fingerprint density at radius 1 is 1.17 bits per heavy atom. The molecule has 1 aliphatic carbocycles. The van der Waals surface area contributed by atoms with Crippen LogP contribution >= 0.6 is 0 Å². The maximum atomic E-state index is 12.0. The molecule has 0 spiro atoms. The molecule has 0 saturated heterocycles. The molecule has 0 aliphatic heterocycles. The minimum absolute atomic E-state index is 0.0145. The largest absolute Gasteiger partial charge is 0.496 e. The number of carbonyl (C=O) groups is 1. The highest BCUT2D eigenvalue weighted by molar-refractivity contribution is 5.74. The van der Waals surface area contributed by atoms with Gasteiger partial charge in [-0.2, -0.15) is 0 Å². The van der Waals surface area contributed by atoms with Crippen molar-refractivity contribution in [2.75, 3.05) is 13.7 Å². The number of hydrogen-bond donors (Lipinski definition) is 2. The fourth-order valence-corrected chi connectivity index (χ4v) is 2.77. The molecule has 23 heavy (non-hydrogen) atoms. The summed E-state index contributed by atoms with van der Waals surface area (Å²) >= 11 is 0. The molecule has 1 saturated carbocycles. The number of aromatic nitrogens is 1. The average molecular weight is 311 g/mol. The molecule has 1 aromatic carbocycles. The molecule has 5 nitrogen and oxygen atoms in total. The number of rotatable bonds is 6. The van der Waals surface area contributed by atoms with Gasteiger partial charge in [0.05, 0.1) is 7.11 Å². The van der Waals surface area contributed by atoms with Crippen molar-refractivity contribution < 1.29 is 9.53 Å². The van der Waals surface area contributed by atoms with Crippen LogP contribution < -0.4 is 15.4 Å². The number of amides is 2. The van der Waals surface area contributed by atoms with Crippen molar-refractivity contribution in [3.8, 4) is 5.75 Å². The van der Waals surface area contributed by atoms with E-state index >= 15 is 0 Å². The Balaban J connectivity index is 1.54. The lowest BCUT2D eigenvalue weighted by atomic mass is 9.95. The molecule has 0 atom stereocenters. The zero-order valence-electron chi connectivity index (χ0n) is 13.2. The van der Waals surface area contributed by atoms with Gasteiger partial charge in [-0.3, -0.25) is 4.98 Å². The molecule has 0 unspecified atom stereocenters. The molecular weight excluding hydrogens is 290 g/mol. The number of hydrogen-bond acceptors (Lipinski definition) is 3. The van der Waals surface area contributed by atoms with Gasteiger partial charge in [0.1, 0.15) is 5.75 Å². The van der Waals surface area contributed by atoms with E-state index in [0.717, 1.165) is 24.2 Å². The lowest BCUT2D eigenvalue weighted by molar-refractivity contribution is 0.239. The lowest BCUT2D eigenvalue weighted by Crippen LogP contribution is -2.39. The SMILES string of the molecule is COc1ccccc1C1(CNC(=O)NCc2ccncc2)CC1. The Morgan fingerprint density at radius 2 is 1.91 bits per heavy atom. The van der Waals surface area contributed by atoms with E-state index in [1.54, 1.807) is 19.5 Å². The number of pyridine rings is 1. The monoisotopic (exact) mass is 311 g/mol. The summed E-state index contributed by atoms with van der Waals surface area (Å²) in [4.78, 5) is 16.0. The summed E-state index contributed by atoms with van der Waals surface area (Å²) in [5.41, 5.74) is 2.22. The Hall–Kier alpha value is -2.56. The van der Waals surface area contributed by atoms with Gasteiger partial charge in [0.25, 0.3) is 0 Å². The average Bonchev–Trinajstić information content (AvgIpc) is 3.40. The first-order valence-corrected chi connectivity index (χ1v) is 7.78. The quantitative estimate of drug-likeness (QED) is 0.862. The highest BCUT2D eigenvalue weighted by atomic mass is 16.5. The fraction of sp³-hybridized carbons (Fsp3) is 0.333. The van der Waals surface area contributed by atoms with Gasteiger partial charge in [0, 0.05) is 36.5 Å². The summed E-state index contributed by atoms with van der Waals surface area (Å²) < 4.78 is 5.45. The summed E-state index contributed by atoms with van der Waals surface area (Å²) in [7, 11) is 1.68. The molecule has 0 radical (unpaired) electrons. The molecule has 120 valence electrons. The first kappa shape index (κ1) is 15.3. The molecule has 5 heteroatoms. The Labute approximate surface area is 136 Å². The summed E-state index contributed by atoms with van der Waals surface area (Å²) in [6, 6.07) is 11.7. The maximum Gasteiger partial charge on any atom is 0.315 e. The van der Waals surface area contributed by atoms with Crippen molar-refractivity contribution in [1.82, 2.24) is 15.6 Å². The predicted octanol–water partition coefficient (Wildman–Crippen LogP) is 2.62. The van der Waals surface area contributed by atoms with E-state index in [-0.39, 0.29) is 11.4 Å². The number of para-hydroxylation sites is 1. The third kappa shape index (κ3) is 3.62. The van der Waals surface area contributed by atoms with E-state index in [1.807, 2.05) is 30.3 Å². The maximum absolute atomic E-state index is 12.0. The van der Waals surface area contributed by atoms with E-state index in [4.69, 9.17) is 4.74 Å². The number of nitrogens with one attached hydrogen (secondary N) is 2. The summed E-state index contributed by atoms with van der Waals surface area (Å²) in [6.07, 6.45) is 5.57. The van der Waals surface area contributed by atoms with Gasteiger partial charge in [0.2, 0.25) is 0 Å². The molecule has 1 fully saturated rings. The van der Waals surface area contributed by atoms with E-state index in [9.17, 15) is 4.79 Å². The van der Waals surface area contributed by atoms with Gasteiger partial charge >= 0.3 is 6.03 Å². The van der Waals surface area contributed by atoms with Crippen LogP contribution in [-0.2, 0) is 12.0 Å². The first-order valence-electron chi connectivity index (χ1n) is 7.78. The Bertz CT molecular complexity index is 669. The van der Waals surface area contributed by atoms with Crippen LogP contribution in [0.4, 0.5) is 4.79 Å². The van der Waals surface area contributed by atoms with Gasteiger partial charge in [-0.25, -0.2) is 4.79 Å². The van der Waals surface area contributed by atoms with E-state index < -0.39 is 0 Å². The number of benzene rings is 1. The molecule has 1 aliphatic rings. The van der Waals surface area contributed by atoms with Crippen LogP contribution in [0.15, 0.2) is 48.8 Å². The van der Waals surface area contributed by atoms with Crippen molar-refractivity contribution >= 4 is 6.03 Å². The third-order valence-corrected chi connectivity index (χ3v) is 4.32. The van der Waals surface area contributed by atoms with E-state index in [1.165, 1.54) is 5.56 Å². The molecule has 2 aromatic rings. The van der Waals surface area contributed by atoms with Crippen LogP contribution in [0, 0.1) is 0 Å². The second-order valence-electron chi connectivity index (χ2n) is 5.87. The number of carbonyl (C=O) groups excluding carboxylic acids is 1. The molecule has 0 bridgehead atoms. The van der Waals surface area contributed by atoms with E-state index in [2.05, 4.69) is 21.7 Å². The molecule has 2 amide bonds. The molecule has 1 heterocycles. The molecule has 1 aromatic heterocycles. The summed E-state index contributed by atoms with van der Waals surface area (Å²) in [6.45, 7) is 1.12. The Morgan fingerprint density at radius 3 is 2.61 bits per heavy atom. The number of nitrogens with zero attached hydrogens (tertiary/aromatic N) is 1. The van der Waals surface area contributed by atoms with Gasteiger partial charge in [-0.05, 0) is 36.6 Å². The Kier molecular flexibility index (Phi) is 4.46. The number of urea groups is 1. The van der Waals surface area contributed by atoms with Gasteiger partial charge < -0.3 is 15.4 Å². The molecule has 2 N–H and O–H groups in total. The number of ether oxygens (including phenoxy) is 1. The van der Waals surface area contributed by atoms with Gasteiger partial charge in [-0.1, -0.05) is 18.2 Å². The van der Waals surface area contributed by atoms with Crippen LogP contribution in [0.25, 0.3) is 0 Å².